The molecule has 2 saturated heterocycles. The number of likely N-dealkylation sites (tertiary alicyclic amines) is 1. The van der Waals surface area contributed by atoms with E-state index in [2.05, 4.69) is 10.6 Å². The first-order chi connectivity index (χ1) is 20.2. The van der Waals surface area contributed by atoms with Crippen LogP contribution in [0.2, 0.25) is 0 Å². The van der Waals surface area contributed by atoms with E-state index in [4.69, 9.17) is 25.4 Å². The second kappa shape index (κ2) is 11.4. The fourth-order valence-corrected chi connectivity index (χ4v) is 7.02. The second-order valence-corrected chi connectivity index (χ2v) is 12.3. The minimum Gasteiger partial charge on any atom is -0.455 e. The Labute approximate surface area is 250 Å². The molecule has 0 saturated carbocycles. The molecule has 2 fully saturated rings. The van der Waals surface area contributed by atoms with Crippen LogP contribution in [0.25, 0.3) is 0 Å². The first-order valence-corrected chi connectivity index (χ1v) is 15.1. The molecule has 218 valence electrons. The first-order valence-electron chi connectivity index (χ1n) is 13.4. The van der Waals surface area contributed by atoms with Crippen LogP contribution in [-0.4, -0.2) is 66.6 Å². The first kappa shape index (κ1) is 28.2. The number of para-hydroxylation sites is 1. The number of carbonyl (C=O) groups excluding carboxylic acids is 3. The number of amidine groups is 1. The van der Waals surface area contributed by atoms with Gasteiger partial charge >= 0.3 is 0 Å². The Kier molecular flexibility index (Phi) is 7.66. The highest BCUT2D eigenvalue weighted by molar-refractivity contribution is 7.99. The van der Waals surface area contributed by atoms with Crippen molar-refractivity contribution in [3.8, 4) is 11.5 Å². The van der Waals surface area contributed by atoms with Gasteiger partial charge in [0, 0.05) is 27.8 Å². The third-order valence-electron chi connectivity index (χ3n) is 7.34. The Bertz CT molecular complexity index is 1570. The van der Waals surface area contributed by atoms with Crippen LogP contribution in [0.15, 0.2) is 63.7 Å². The van der Waals surface area contributed by atoms with E-state index in [0.29, 0.717) is 30.1 Å². The van der Waals surface area contributed by atoms with E-state index >= 15 is 0 Å². The highest BCUT2D eigenvalue weighted by Crippen LogP contribution is 2.47. The summed E-state index contributed by atoms with van der Waals surface area (Å²) in [7, 11) is 0. The molecule has 0 aliphatic carbocycles. The molecule has 2 atom stereocenters. The zero-order chi connectivity index (χ0) is 29.4. The van der Waals surface area contributed by atoms with E-state index in [1.54, 1.807) is 35.3 Å². The van der Waals surface area contributed by atoms with Crippen molar-refractivity contribution in [2.45, 2.75) is 41.0 Å². The van der Waals surface area contributed by atoms with Crippen LogP contribution in [-0.2, 0) is 19.1 Å². The highest BCUT2D eigenvalue weighted by atomic mass is 32.2. The van der Waals surface area contributed by atoms with Gasteiger partial charge in [-0.25, -0.2) is 0 Å². The summed E-state index contributed by atoms with van der Waals surface area (Å²) in [6.07, 6.45) is 0.176. The van der Waals surface area contributed by atoms with Crippen molar-refractivity contribution in [2.24, 2.45) is 5.73 Å². The number of hydrogen-bond donors (Lipinski definition) is 4. The van der Waals surface area contributed by atoms with Gasteiger partial charge < -0.3 is 35.5 Å². The van der Waals surface area contributed by atoms with Gasteiger partial charge in [0.15, 0.2) is 5.79 Å². The summed E-state index contributed by atoms with van der Waals surface area (Å²) in [6.45, 7) is 2.33. The molecule has 5 N–H and O–H groups in total. The summed E-state index contributed by atoms with van der Waals surface area (Å²) in [5.74, 6) is -1.04. The molecule has 42 heavy (non-hydrogen) atoms. The maximum atomic E-state index is 13.4. The van der Waals surface area contributed by atoms with E-state index in [-0.39, 0.29) is 37.3 Å². The molecule has 6 rings (SSSR count). The van der Waals surface area contributed by atoms with Gasteiger partial charge in [0.1, 0.15) is 23.4 Å². The van der Waals surface area contributed by atoms with E-state index in [9.17, 15) is 14.4 Å². The molecule has 3 amide bonds. The van der Waals surface area contributed by atoms with Gasteiger partial charge in [-0.1, -0.05) is 23.9 Å². The minimum atomic E-state index is -1.06. The number of nitrogen functional groups attached to an aromatic ring is 1. The van der Waals surface area contributed by atoms with Gasteiger partial charge in [0.05, 0.1) is 42.1 Å². The van der Waals surface area contributed by atoms with Gasteiger partial charge in [-0.2, -0.15) is 0 Å². The third kappa shape index (κ3) is 5.60. The summed E-state index contributed by atoms with van der Waals surface area (Å²) in [6, 6.07) is 13.4. The molecular weight excluding hydrogens is 578 g/mol. The van der Waals surface area contributed by atoms with E-state index in [1.165, 1.54) is 16.2 Å². The van der Waals surface area contributed by atoms with Gasteiger partial charge in [-0.15, -0.1) is 11.3 Å². The standard InChI is InChI=1S/C29H29N5O6S2/c1-16(24-11-18(14-41-24)26(30)31)33-28(37)19-12-29(38-8-9-39-29)15-34(19)25(35)13-32-27(36)17-6-7-23-21(10-17)40-20-4-2-3-5-22(20)42-23/h2-7,10-11,14,16,19H,8-9,12-13,15H2,1H3,(H3,30,31)(H,32,36)(H,33,37)/t16-,19+/m1/s1. The molecule has 0 radical (unpaired) electrons. The summed E-state index contributed by atoms with van der Waals surface area (Å²) < 4.78 is 17.6. The van der Waals surface area contributed by atoms with Crippen LogP contribution >= 0.6 is 23.1 Å². The van der Waals surface area contributed by atoms with Gasteiger partial charge in [0.25, 0.3) is 5.91 Å². The van der Waals surface area contributed by atoms with Crippen LogP contribution in [0.4, 0.5) is 0 Å². The number of rotatable bonds is 7. The SMILES string of the molecule is C[C@@H](NC(=O)[C@@H]1CC2(CN1C(=O)CNC(=O)c1ccc3c(c1)Oc1ccccc1S3)OCCO2)c1cc(C(=N)N)cs1. The van der Waals surface area contributed by atoms with Crippen molar-refractivity contribution in [2.75, 3.05) is 26.3 Å². The molecule has 1 aromatic heterocycles. The monoisotopic (exact) mass is 607 g/mol. The number of carbonyl (C=O) groups is 3. The average molecular weight is 608 g/mol. The van der Waals surface area contributed by atoms with Crippen LogP contribution < -0.4 is 21.1 Å². The summed E-state index contributed by atoms with van der Waals surface area (Å²) in [5.41, 5.74) is 6.51. The fraction of sp³-hybridized carbons (Fsp3) is 0.310. The second-order valence-electron chi connectivity index (χ2n) is 10.2. The van der Waals surface area contributed by atoms with E-state index in [1.807, 2.05) is 37.3 Å². The van der Waals surface area contributed by atoms with Crippen LogP contribution in [0.5, 0.6) is 11.5 Å². The molecule has 2 aromatic carbocycles. The maximum absolute atomic E-state index is 13.4. The Hall–Kier alpha value is -3.91. The quantitative estimate of drug-likeness (QED) is 0.184. The van der Waals surface area contributed by atoms with Gasteiger partial charge in [0.2, 0.25) is 11.8 Å². The third-order valence-corrected chi connectivity index (χ3v) is 9.57. The van der Waals surface area contributed by atoms with E-state index in [0.717, 1.165) is 20.4 Å². The largest absolute Gasteiger partial charge is 0.455 e. The number of fused-ring (bicyclic) bond motifs is 2. The Morgan fingerprint density at radius 1 is 1.10 bits per heavy atom. The lowest BCUT2D eigenvalue weighted by atomic mass is 10.1. The number of amides is 3. The van der Waals surface area contributed by atoms with Crippen LogP contribution in [0, 0.1) is 5.41 Å². The number of benzene rings is 2. The minimum absolute atomic E-state index is 0.0461. The zero-order valence-electron chi connectivity index (χ0n) is 22.7. The van der Waals surface area contributed by atoms with Crippen molar-refractivity contribution in [1.29, 1.82) is 5.41 Å². The van der Waals surface area contributed by atoms with Crippen LogP contribution in [0.3, 0.4) is 0 Å². The molecule has 3 aliphatic rings. The Morgan fingerprint density at radius 3 is 2.62 bits per heavy atom. The number of nitrogens with one attached hydrogen (secondary N) is 3. The number of ether oxygens (including phenoxy) is 3. The number of nitrogens with zero attached hydrogens (tertiary/aromatic N) is 1. The number of nitrogens with two attached hydrogens (primary N) is 1. The molecule has 11 nitrogen and oxygen atoms in total. The molecular formula is C29H29N5O6S2. The van der Waals surface area contributed by atoms with Crippen LogP contribution in [0.1, 0.15) is 40.2 Å². The highest BCUT2D eigenvalue weighted by Gasteiger charge is 2.52. The topological polar surface area (TPSA) is 156 Å². The maximum Gasteiger partial charge on any atom is 0.251 e. The smallest absolute Gasteiger partial charge is 0.251 e. The Morgan fingerprint density at radius 2 is 1.86 bits per heavy atom. The summed E-state index contributed by atoms with van der Waals surface area (Å²) in [4.78, 5) is 44.0. The molecule has 0 bridgehead atoms. The average Bonchev–Trinajstić information content (AvgIpc) is 3.75. The van der Waals surface area contributed by atoms with Crippen molar-refractivity contribution in [1.82, 2.24) is 15.5 Å². The van der Waals surface area contributed by atoms with E-state index < -0.39 is 23.6 Å². The lowest BCUT2D eigenvalue weighted by molar-refractivity contribution is -0.152. The molecule has 4 heterocycles. The summed E-state index contributed by atoms with van der Waals surface area (Å²) >= 11 is 2.95. The predicted octanol–water partition coefficient (Wildman–Crippen LogP) is 3.24. The van der Waals surface area contributed by atoms with Crippen molar-refractivity contribution >= 4 is 46.7 Å². The number of hydrogen-bond acceptors (Lipinski definition) is 9. The molecule has 13 heteroatoms. The lowest BCUT2D eigenvalue weighted by Crippen LogP contribution is -2.49. The molecule has 0 unspecified atom stereocenters. The lowest BCUT2D eigenvalue weighted by Gasteiger charge is -2.25. The predicted molar refractivity (Wildman–Crippen MR) is 156 cm³/mol. The van der Waals surface area contributed by atoms with Gasteiger partial charge in [-0.05, 0) is 43.3 Å². The molecule has 3 aromatic rings. The zero-order valence-corrected chi connectivity index (χ0v) is 24.3. The summed E-state index contributed by atoms with van der Waals surface area (Å²) in [5, 5.41) is 15.0. The normalized spacial score (nSPS) is 19.0. The van der Waals surface area contributed by atoms with Crippen molar-refractivity contribution in [3.05, 3.63) is 69.9 Å². The molecule has 1 spiro atoms. The Balaban J connectivity index is 1.11. The molecule has 3 aliphatic heterocycles. The fourth-order valence-electron chi connectivity index (χ4n) is 5.17. The van der Waals surface area contributed by atoms with Crippen molar-refractivity contribution in [3.63, 3.8) is 0 Å². The van der Waals surface area contributed by atoms with Crippen molar-refractivity contribution < 1.29 is 28.6 Å². The van der Waals surface area contributed by atoms with Gasteiger partial charge in [-0.3, -0.25) is 19.8 Å². The number of thiophene rings is 1.